The lowest BCUT2D eigenvalue weighted by Crippen LogP contribution is -2.23. The van der Waals surface area contributed by atoms with Gasteiger partial charge >= 0.3 is 0 Å². The van der Waals surface area contributed by atoms with Crippen LogP contribution in [0.3, 0.4) is 0 Å². The van der Waals surface area contributed by atoms with Crippen LogP contribution in [0.15, 0.2) is 48.5 Å². The molecule has 2 aromatic carbocycles. The van der Waals surface area contributed by atoms with Crippen molar-refractivity contribution in [2.45, 2.75) is 32.7 Å². The molecule has 0 bridgehead atoms. The quantitative estimate of drug-likeness (QED) is 0.714. The zero-order chi connectivity index (χ0) is 16.5. The molecule has 0 fully saturated rings. The van der Waals surface area contributed by atoms with Gasteiger partial charge in [0.05, 0.1) is 6.61 Å². The van der Waals surface area contributed by atoms with E-state index in [1.54, 1.807) is 0 Å². The Bertz CT molecular complexity index is 630. The molecule has 0 aliphatic rings. The lowest BCUT2D eigenvalue weighted by Gasteiger charge is -2.08. The maximum atomic E-state index is 11.9. The number of ether oxygens (including phenoxy) is 1. The summed E-state index contributed by atoms with van der Waals surface area (Å²) in [5.74, 6) is 0.890. The van der Waals surface area contributed by atoms with E-state index in [1.165, 1.54) is 0 Å². The molecule has 0 unspecified atom stereocenters. The Morgan fingerprint density at radius 3 is 2.50 bits per heavy atom. The highest BCUT2D eigenvalue weighted by Gasteiger charge is 2.04. The highest BCUT2D eigenvalue weighted by molar-refractivity contribution is 5.85. The lowest BCUT2D eigenvalue weighted by atomic mass is 10.1. The Kier molecular flexibility index (Phi) is 8.72. The highest BCUT2D eigenvalue weighted by Crippen LogP contribution is 2.14. The number of anilines is 1. The van der Waals surface area contributed by atoms with Crippen LogP contribution in [0.2, 0.25) is 0 Å². The van der Waals surface area contributed by atoms with E-state index in [4.69, 9.17) is 10.5 Å². The van der Waals surface area contributed by atoms with Crippen LogP contribution in [-0.2, 0) is 17.8 Å². The van der Waals surface area contributed by atoms with E-state index in [-0.39, 0.29) is 18.3 Å². The molecule has 2 aromatic rings. The molecule has 0 aromatic heterocycles. The van der Waals surface area contributed by atoms with E-state index >= 15 is 0 Å². The topological polar surface area (TPSA) is 64.3 Å². The van der Waals surface area contributed by atoms with E-state index in [1.807, 2.05) is 48.5 Å². The number of carbonyl (C=O) groups excluding carboxylic acids is 1. The average Bonchev–Trinajstić information content (AvgIpc) is 2.58. The van der Waals surface area contributed by atoms with Crippen LogP contribution < -0.4 is 15.8 Å². The number of rotatable bonds is 8. The number of aryl methyl sites for hydroxylation is 1. The van der Waals surface area contributed by atoms with Gasteiger partial charge in [0.25, 0.3) is 0 Å². The van der Waals surface area contributed by atoms with Crippen molar-refractivity contribution in [2.24, 2.45) is 0 Å². The van der Waals surface area contributed by atoms with Crippen LogP contribution in [0.5, 0.6) is 5.75 Å². The van der Waals surface area contributed by atoms with Crippen molar-refractivity contribution in [1.29, 1.82) is 0 Å². The van der Waals surface area contributed by atoms with Gasteiger partial charge in [0.2, 0.25) is 5.91 Å². The predicted molar refractivity (Wildman–Crippen MR) is 100 cm³/mol. The molecule has 0 saturated heterocycles. The van der Waals surface area contributed by atoms with E-state index < -0.39 is 0 Å². The van der Waals surface area contributed by atoms with Crippen molar-refractivity contribution < 1.29 is 9.53 Å². The summed E-state index contributed by atoms with van der Waals surface area (Å²) in [6.07, 6.45) is 2.08. The zero-order valence-electron chi connectivity index (χ0n) is 14.0. The second-order valence-corrected chi connectivity index (χ2v) is 5.47. The van der Waals surface area contributed by atoms with Crippen molar-refractivity contribution in [1.82, 2.24) is 5.32 Å². The van der Waals surface area contributed by atoms with E-state index in [9.17, 15) is 4.79 Å². The van der Waals surface area contributed by atoms with Crippen molar-refractivity contribution in [3.8, 4) is 5.75 Å². The fraction of sp³-hybridized carbons (Fsp3) is 0.316. The largest absolute Gasteiger partial charge is 0.494 e. The molecule has 3 N–H and O–H groups in total. The van der Waals surface area contributed by atoms with Crippen LogP contribution in [0, 0.1) is 0 Å². The van der Waals surface area contributed by atoms with Crippen LogP contribution >= 0.6 is 12.4 Å². The van der Waals surface area contributed by atoms with Gasteiger partial charge in [-0.1, -0.05) is 37.3 Å². The molecule has 0 heterocycles. The van der Waals surface area contributed by atoms with Gasteiger partial charge < -0.3 is 15.8 Å². The standard InChI is InChI=1S/C19H24N2O2.ClH/c1-2-13-23-17-10-7-15(8-11-17)14-21-19(22)12-9-16-5-3-4-6-18(16)20;/h3-8,10-11H,2,9,12-14,20H2,1H3,(H,21,22);1H. The lowest BCUT2D eigenvalue weighted by molar-refractivity contribution is -0.121. The fourth-order valence-corrected chi connectivity index (χ4v) is 2.22. The molecular weight excluding hydrogens is 324 g/mol. The van der Waals surface area contributed by atoms with Gasteiger partial charge in [0.1, 0.15) is 5.75 Å². The minimum Gasteiger partial charge on any atom is -0.494 e. The molecule has 0 saturated carbocycles. The van der Waals surface area contributed by atoms with Gasteiger partial charge in [-0.05, 0) is 42.2 Å². The van der Waals surface area contributed by atoms with E-state index in [0.717, 1.165) is 35.6 Å². The Balaban J connectivity index is 0.00000288. The van der Waals surface area contributed by atoms with Crippen molar-refractivity contribution >= 4 is 24.0 Å². The summed E-state index contributed by atoms with van der Waals surface area (Å²) in [5.41, 5.74) is 8.69. The smallest absolute Gasteiger partial charge is 0.220 e. The first-order valence-corrected chi connectivity index (χ1v) is 8.01. The van der Waals surface area contributed by atoms with Gasteiger partial charge in [-0.3, -0.25) is 4.79 Å². The van der Waals surface area contributed by atoms with Crippen LogP contribution in [0.1, 0.15) is 30.9 Å². The molecule has 2 rings (SSSR count). The van der Waals surface area contributed by atoms with Gasteiger partial charge in [-0.25, -0.2) is 0 Å². The van der Waals surface area contributed by atoms with Crippen molar-refractivity contribution in [3.05, 3.63) is 59.7 Å². The first-order valence-electron chi connectivity index (χ1n) is 8.01. The fourth-order valence-electron chi connectivity index (χ4n) is 2.22. The summed E-state index contributed by atoms with van der Waals surface area (Å²) in [4.78, 5) is 11.9. The first kappa shape index (κ1) is 19.8. The van der Waals surface area contributed by atoms with Crippen LogP contribution in [0.4, 0.5) is 5.69 Å². The summed E-state index contributed by atoms with van der Waals surface area (Å²) in [5, 5.41) is 2.93. The number of hydrogen-bond acceptors (Lipinski definition) is 3. The zero-order valence-corrected chi connectivity index (χ0v) is 14.8. The maximum absolute atomic E-state index is 11.9. The number of nitrogens with one attached hydrogen (secondary N) is 1. The molecule has 24 heavy (non-hydrogen) atoms. The summed E-state index contributed by atoms with van der Waals surface area (Å²) in [6, 6.07) is 15.5. The Morgan fingerprint density at radius 1 is 1.12 bits per heavy atom. The summed E-state index contributed by atoms with van der Waals surface area (Å²) in [6.45, 7) is 3.32. The number of halogens is 1. The van der Waals surface area contributed by atoms with Gasteiger partial charge in [0.15, 0.2) is 0 Å². The number of nitrogen functional groups attached to an aromatic ring is 1. The third kappa shape index (κ3) is 6.50. The summed E-state index contributed by atoms with van der Waals surface area (Å²) >= 11 is 0. The molecule has 0 radical (unpaired) electrons. The number of hydrogen-bond donors (Lipinski definition) is 2. The highest BCUT2D eigenvalue weighted by atomic mass is 35.5. The number of nitrogens with two attached hydrogens (primary N) is 1. The summed E-state index contributed by atoms with van der Waals surface area (Å²) in [7, 11) is 0. The SMILES string of the molecule is CCCOc1ccc(CNC(=O)CCc2ccccc2N)cc1.Cl. The van der Waals surface area contributed by atoms with Gasteiger partial charge in [0, 0.05) is 18.7 Å². The number of carbonyl (C=O) groups is 1. The predicted octanol–water partition coefficient (Wildman–Crippen LogP) is 3.73. The van der Waals surface area contributed by atoms with E-state index in [0.29, 0.717) is 19.4 Å². The van der Waals surface area contributed by atoms with Crippen LogP contribution in [0.25, 0.3) is 0 Å². The normalized spacial score (nSPS) is 9.88. The molecule has 0 aliphatic heterocycles. The number of benzene rings is 2. The molecule has 5 heteroatoms. The summed E-state index contributed by atoms with van der Waals surface area (Å²) < 4.78 is 5.54. The van der Waals surface area contributed by atoms with Crippen molar-refractivity contribution in [3.63, 3.8) is 0 Å². The molecule has 1 amide bonds. The number of para-hydroxylation sites is 1. The first-order chi connectivity index (χ1) is 11.2. The third-order valence-corrected chi connectivity index (χ3v) is 3.56. The van der Waals surface area contributed by atoms with E-state index in [2.05, 4.69) is 12.2 Å². The molecule has 130 valence electrons. The van der Waals surface area contributed by atoms with Crippen molar-refractivity contribution in [2.75, 3.05) is 12.3 Å². The Morgan fingerprint density at radius 2 is 1.83 bits per heavy atom. The van der Waals surface area contributed by atoms with Crippen LogP contribution in [-0.4, -0.2) is 12.5 Å². The average molecular weight is 349 g/mol. The monoisotopic (exact) mass is 348 g/mol. The molecule has 4 nitrogen and oxygen atoms in total. The second-order valence-electron chi connectivity index (χ2n) is 5.47. The number of amides is 1. The Labute approximate surface area is 149 Å². The molecular formula is C19H25ClN2O2. The minimum atomic E-state index is 0. The molecule has 0 aliphatic carbocycles. The van der Waals surface area contributed by atoms with Gasteiger partial charge in [-0.2, -0.15) is 0 Å². The Hall–Kier alpha value is -2.20. The van der Waals surface area contributed by atoms with Gasteiger partial charge in [-0.15, -0.1) is 12.4 Å². The molecule has 0 spiro atoms. The molecule has 0 atom stereocenters. The maximum Gasteiger partial charge on any atom is 0.220 e. The third-order valence-electron chi connectivity index (χ3n) is 3.56. The minimum absolute atomic E-state index is 0. The second kappa shape index (κ2) is 10.6.